The van der Waals surface area contributed by atoms with Crippen molar-refractivity contribution in [3.63, 3.8) is 0 Å². The zero-order valence-electron chi connectivity index (χ0n) is 14.6. The number of urea groups is 1. The van der Waals surface area contributed by atoms with Crippen LogP contribution < -0.4 is 10.6 Å². The molecule has 5 nitrogen and oxygen atoms in total. The van der Waals surface area contributed by atoms with Crippen molar-refractivity contribution >= 4 is 16.8 Å². The van der Waals surface area contributed by atoms with Gasteiger partial charge in [-0.05, 0) is 40.2 Å². The summed E-state index contributed by atoms with van der Waals surface area (Å²) in [5.74, 6) is 0.413. The van der Waals surface area contributed by atoms with Crippen LogP contribution in [0, 0.1) is 13.8 Å². The molecule has 0 fully saturated rings. The molecule has 130 valence electrons. The van der Waals surface area contributed by atoms with E-state index in [2.05, 4.69) is 10.6 Å². The van der Waals surface area contributed by atoms with Gasteiger partial charge < -0.3 is 15.7 Å². The van der Waals surface area contributed by atoms with Crippen molar-refractivity contribution in [1.82, 2.24) is 10.6 Å². The molecule has 3 N–H and O–H groups in total. The summed E-state index contributed by atoms with van der Waals surface area (Å²) < 4.78 is 11.6. The lowest BCUT2D eigenvalue weighted by Crippen LogP contribution is -2.40. The van der Waals surface area contributed by atoms with Crippen LogP contribution in [0.2, 0.25) is 0 Å². The first kappa shape index (κ1) is 19.6. The van der Waals surface area contributed by atoms with E-state index in [9.17, 15) is 14.1 Å². The van der Waals surface area contributed by atoms with Crippen molar-refractivity contribution in [2.75, 3.05) is 18.8 Å². The summed E-state index contributed by atoms with van der Waals surface area (Å²) in [5.41, 5.74) is 2.94. The van der Waals surface area contributed by atoms with Crippen molar-refractivity contribution in [1.29, 1.82) is 0 Å². The third kappa shape index (κ3) is 7.14. The number of nitrogens with one attached hydrogen (secondary N) is 2. The van der Waals surface area contributed by atoms with E-state index in [0.29, 0.717) is 12.3 Å². The number of aliphatic hydroxyl groups excluding tert-OH is 1. The molecule has 0 spiro atoms. The third-order valence-corrected chi connectivity index (χ3v) is 5.28. The second-order valence-electron chi connectivity index (χ2n) is 6.74. The molecular weight excluding hydrogens is 312 g/mol. The fourth-order valence-electron chi connectivity index (χ4n) is 2.14. The molecule has 23 heavy (non-hydrogen) atoms. The number of benzene rings is 1. The Bertz CT molecular complexity index is 547. The van der Waals surface area contributed by atoms with Gasteiger partial charge >= 0.3 is 6.03 Å². The first-order chi connectivity index (χ1) is 10.6. The normalized spacial score (nSPS) is 14.2. The maximum absolute atomic E-state index is 11.9. The summed E-state index contributed by atoms with van der Waals surface area (Å²) in [4.78, 5) is 11.7. The van der Waals surface area contributed by atoms with E-state index < -0.39 is 16.9 Å². The number of rotatable bonds is 6. The molecule has 6 heteroatoms. The van der Waals surface area contributed by atoms with E-state index in [1.54, 1.807) is 0 Å². The molecule has 0 aliphatic carbocycles. The number of aliphatic hydroxyl groups is 1. The molecule has 0 bridgehead atoms. The Morgan fingerprint density at radius 1 is 1.17 bits per heavy atom. The summed E-state index contributed by atoms with van der Waals surface area (Å²) in [6.07, 6.45) is -0.747. The predicted molar refractivity (Wildman–Crippen MR) is 95.0 cm³/mol. The number of aryl methyl sites for hydroxylation is 2. The van der Waals surface area contributed by atoms with Gasteiger partial charge in [0.15, 0.2) is 0 Å². The van der Waals surface area contributed by atoms with Gasteiger partial charge in [0.05, 0.1) is 6.10 Å². The maximum Gasteiger partial charge on any atom is 0.314 e. The summed E-state index contributed by atoms with van der Waals surface area (Å²) >= 11 is 0. The summed E-state index contributed by atoms with van der Waals surface area (Å²) in [6, 6.07) is 5.48. The van der Waals surface area contributed by atoms with E-state index in [1.807, 2.05) is 52.8 Å². The van der Waals surface area contributed by atoms with Gasteiger partial charge in [-0.3, -0.25) is 4.21 Å². The van der Waals surface area contributed by atoms with Crippen molar-refractivity contribution in [3.8, 4) is 0 Å². The number of amides is 2. The first-order valence-electron chi connectivity index (χ1n) is 7.76. The van der Waals surface area contributed by atoms with Crippen LogP contribution in [0.25, 0.3) is 0 Å². The summed E-state index contributed by atoms with van der Waals surface area (Å²) in [6.45, 7) is 10.1. The van der Waals surface area contributed by atoms with Crippen LogP contribution in [0.5, 0.6) is 0 Å². The molecule has 0 aliphatic heterocycles. The Kier molecular flexibility index (Phi) is 7.22. The third-order valence-electron chi connectivity index (χ3n) is 3.34. The zero-order valence-corrected chi connectivity index (χ0v) is 15.4. The number of hydrogen-bond acceptors (Lipinski definition) is 3. The molecule has 0 saturated heterocycles. The Morgan fingerprint density at radius 3 is 2.26 bits per heavy atom. The molecule has 0 aromatic heterocycles. The molecule has 2 amide bonds. The highest BCUT2D eigenvalue weighted by Gasteiger charge is 2.19. The molecule has 2 atom stereocenters. The fourth-order valence-corrected chi connectivity index (χ4v) is 3.04. The van der Waals surface area contributed by atoms with Crippen molar-refractivity contribution in [2.24, 2.45) is 0 Å². The number of hydrogen-bond donors (Lipinski definition) is 3. The number of carbonyl (C=O) groups excluding carboxylic acids is 1. The van der Waals surface area contributed by atoms with Gasteiger partial charge in [0.2, 0.25) is 0 Å². The van der Waals surface area contributed by atoms with Gasteiger partial charge in [-0.2, -0.15) is 0 Å². The quantitative estimate of drug-likeness (QED) is 0.743. The second-order valence-corrected chi connectivity index (χ2v) is 9.06. The Morgan fingerprint density at radius 2 is 1.74 bits per heavy atom. The van der Waals surface area contributed by atoms with Crippen LogP contribution in [-0.4, -0.2) is 38.9 Å². The van der Waals surface area contributed by atoms with E-state index >= 15 is 0 Å². The smallest absolute Gasteiger partial charge is 0.314 e. The average molecular weight is 340 g/mol. The highest BCUT2D eigenvalue weighted by Crippen LogP contribution is 2.16. The minimum atomic E-state index is -0.993. The molecule has 1 aromatic carbocycles. The lowest BCUT2D eigenvalue weighted by Gasteiger charge is -2.18. The van der Waals surface area contributed by atoms with Crippen LogP contribution >= 0.6 is 0 Å². The molecule has 0 unspecified atom stereocenters. The van der Waals surface area contributed by atoms with Crippen LogP contribution in [0.15, 0.2) is 18.2 Å². The van der Waals surface area contributed by atoms with E-state index in [-0.39, 0.29) is 17.3 Å². The van der Waals surface area contributed by atoms with Crippen LogP contribution in [0.4, 0.5) is 4.79 Å². The lowest BCUT2D eigenvalue weighted by molar-refractivity contribution is 0.173. The van der Waals surface area contributed by atoms with Crippen molar-refractivity contribution in [3.05, 3.63) is 34.9 Å². The highest BCUT2D eigenvalue weighted by atomic mass is 32.2. The van der Waals surface area contributed by atoms with E-state index in [0.717, 1.165) is 16.7 Å². The molecule has 0 radical (unpaired) electrons. The number of carbonyl (C=O) groups is 1. The maximum atomic E-state index is 11.9. The monoisotopic (exact) mass is 340 g/mol. The lowest BCUT2D eigenvalue weighted by atomic mass is 10.0. The molecular formula is C17H28N2O3S. The average Bonchev–Trinajstić information content (AvgIpc) is 2.42. The topological polar surface area (TPSA) is 78.4 Å². The van der Waals surface area contributed by atoms with Crippen LogP contribution in [0.3, 0.4) is 0 Å². The first-order valence-corrected chi connectivity index (χ1v) is 9.08. The molecule has 1 aromatic rings. The minimum absolute atomic E-state index is 0.136. The van der Waals surface area contributed by atoms with Gasteiger partial charge in [0.25, 0.3) is 0 Å². The summed E-state index contributed by atoms with van der Waals surface area (Å²) in [5, 5.41) is 15.4. The van der Waals surface area contributed by atoms with Crippen molar-refractivity contribution < 1.29 is 14.1 Å². The zero-order chi connectivity index (χ0) is 17.6. The molecule has 1 rings (SSSR count). The Labute approximate surface area is 141 Å². The van der Waals surface area contributed by atoms with Gasteiger partial charge in [0, 0.05) is 34.4 Å². The molecule has 0 saturated carbocycles. The molecule has 0 heterocycles. The van der Waals surface area contributed by atoms with E-state index in [1.165, 1.54) is 0 Å². The van der Waals surface area contributed by atoms with Gasteiger partial charge in [0.1, 0.15) is 0 Å². The van der Waals surface area contributed by atoms with Crippen LogP contribution in [-0.2, 0) is 10.8 Å². The van der Waals surface area contributed by atoms with Crippen LogP contribution in [0.1, 0.15) is 43.6 Å². The SMILES string of the molecule is Cc1cc(C)cc([C@@H](O)CNC(=O)NCC[S@@](=O)C(C)(C)C)c1. The largest absolute Gasteiger partial charge is 0.387 e. The fraction of sp³-hybridized carbons (Fsp3) is 0.588. The second kappa shape index (κ2) is 8.45. The van der Waals surface area contributed by atoms with Crippen molar-refractivity contribution in [2.45, 2.75) is 45.5 Å². The minimum Gasteiger partial charge on any atom is -0.387 e. The summed E-state index contributed by atoms with van der Waals surface area (Å²) in [7, 11) is -0.993. The van der Waals surface area contributed by atoms with Gasteiger partial charge in [-0.1, -0.05) is 29.3 Å². The standard InChI is InChI=1S/C17H28N2O3S/c1-12-8-13(2)10-14(9-12)15(20)11-19-16(21)18-6-7-23(22)17(3,4)5/h8-10,15,20H,6-7,11H2,1-5H3,(H2,18,19,21)/t15-,23+/m0/s1. The highest BCUT2D eigenvalue weighted by molar-refractivity contribution is 7.86. The Hall–Kier alpha value is -1.40. The Balaban J connectivity index is 2.37. The van der Waals surface area contributed by atoms with Gasteiger partial charge in [-0.25, -0.2) is 4.79 Å². The predicted octanol–water partition coefficient (Wildman–Crippen LogP) is 2.18. The molecule has 0 aliphatic rings. The van der Waals surface area contributed by atoms with Gasteiger partial charge in [-0.15, -0.1) is 0 Å². The van der Waals surface area contributed by atoms with E-state index in [4.69, 9.17) is 0 Å².